The number of hydrogen-bond acceptors (Lipinski definition) is 3. The molecule has 0 fully saturated rings. The van der Waals surface area contributed by atoms with E-state index >= 15 is 0 Å². The van der Waals surface area contributed by atoms with Crippen LogP contribution in [0, 0.1) is 0 Å². The first kappa shape index (κ1) is 22.7. The molecule has 0 aromatic heterocycles. The normalized spacial score (nSPS) is 16.7. The summed E-state index contributed by atoms with van der Waals surface area (Å²) in [6, 6.07) is 22.9. The standard InChI is InChI=1S/C25H25BrN2O3S/c26-20-13-15-21(16-14-20)32(30,31)28-24(17-18-7-2-1-3-8-18)25(29)27-23-12-6-10-19-9-4-5-11-22(19)23/h1-5,7-9,11,13-16,23-24,28H,6,10,12,17H2,(H,27,29)/t23-,24+/m1/s1. The van der Waals surface area contributed by atoms with Gasteiger partial charge in [0.15, 0.2) is 0 Å². The van der Waals surface area contributed by atoms with Crippen LogP contribution in [0.25, 0.3) is 0 Å². The van der Waals surface area contributed by atoms with E-state index in [1.165, 1.54) is 17.7 Å². The molecule has 1 aliphatic rings. The molecule has 0 unspecified atom stereocenters. The van der Waals surface area contributed by atoms with E-state index < -0.39 is 16.1 Å². The SMILES string of the molecule is O=C(N[C@@H]1CCCc2ccccc21)[C@H](Cc1ccccc1)NS(=O)(=O)c1ccc(Br)cc1. The van der Waals surface area contributed by atoms with Gasteiger partial charge in [-0.2, -0.15) is 4.72 Å². The minimum Gasteiger partial charge on any atom is -0.348 e. The third-order valence-corrected chi connectivity index (χ3v) is 7.72. The van der Waals surface area contributed by atoms with E-state index in [1.54, 1.807) is 12.1 Å². The van der Waals surface area contributed by atoms with Crippen LogP contribution in [0.2, 0.25) is 0 Å². The van der Waals surface area contributed by atoms with E-state index in [-0.39, 0.29) is 23.3 Å². The molecule has 2 N–H and O–H groups in total. The molecule has 0 saturated carbocycles. The van der Waals surface area contributed by atoms with Crippen molar-refractivity contribution in [3.05, 3.63) is 100 Å². The Morgan fingerprint density at radius 1 is 0.969 bits per heavy atom. The minimum absolute atomic E-state index is 0.120. The zero-order valence-electron chi connectivity index (χ0n) is 17.5. The Morgan fingerprint density at radius 3 is 2.41 bits per heavy atom. The summed E-state index contributed by atoms with van der Waals surface area (Å²) in [7, 11) is -3.87. The van der Waals surface area contributed by atoms with Gasteiger partial charge in [-0.3, -0.25) is 4.79 Å². The van der Waals surface area contributed by atoms with Crippen LogP contribution in [-0.2, 0) is 27.7 Å². The summed E-state index contributed by atoms with van der Waals surface area (Å²) in [6.07, 6.45) is 3.07. The summed E-state index contributed by atoms with van der Waals surface area (Å²) in [6.45, 7) is 0. The number of benzene rings is 3. The van der Waals surface area contributed by atoms with Gasteiger partial charge in [0.25, 0.3) is 0 Å². The van der Waals surface area contributed by atoms with Crippen molar-refractivity contribution in [2.24, 2.45) is 0 Å². The lowest BCUT2D eigenvalue weighted by Gasteiger charge is -2.28. The van der Waals surface area contributed by atoms with Gasteiger partial charge >= 0.3 is 0 Å². The average Bonchev–Trinajstić information content (AvgIpc) is 2.80. The topological polar surface area (TPSA) is 75.3 Å². The van der Waals surface area contributed by atoms with Gasteiger partial charge in [0.1, 0.15) is 6.04 Å². The molecule has 0 bridgehead atoms. The molecule has 32 heavy (non-hydrogen) atoms. The van der Waals surface area contributed by atoms with E-state index in [0.717, 1.165) is 34.9 Å². The predicted octanol–water partition coefficient (Wildman–Crippen LogP) is 4.53. The molecule has 0 aliphatic heterocycles. The minimum atomic E-state index is -3.87. The number of aryl methyl sites for hydroxylation is 1. The Kier molecular flexibility index (Phi) is 7.08. The molecule has 2 atom stereocenters. The van der Waals surface area contributed by atoms with Crippen LogP contribution < -0.4 is 10.0 Å². The molecule has 5 nitrogen and oxygen atoms in total. The highest BCUT2D eigenvalue weighted by atomic mass is 79.9. The maximum atomic E-state index is 13.3. The number of hydrogen-bond donors (Lipinski definition) is 2. The summed E-state index contributed by atoms with van der Waals surface area (Å²) in [5.74, 6) is -0.323. The third-order valence-electron chi connectivity index (χ3n) is 5.71. The first-order valence-corrected chi connectivity index (χ1v) is 12.9. The third kappa shape index (κ3) is 5.46. The van der Waals surface area contributed by atoms with Crippen LogP contribution in [0.5, 0.6) is 0 Å². The van der Waals surface area contributed by atoms with Crippen LogP contribution in [0.4, 0.5) is 0 Å². The molecule has 3 aromatic carbocycles. The second-order valence-corrected chi connectivity index (χ2v) is 10.6. The molecule has 1 amide bonds. The van der Waals surface area contributed by atoms with Crippen molar-refractivity contribution in [2.45, 2.75) is 42.7 Å². The van der Waals surface area contributed by atoms with Gasteiger partial charge in [0.05, 0.1) is 10.9 Å². The summed E-state index contributed by atoms with van der Waals surface area (Å²) in [5.41, 5.74) is 3.23. The molecule has 3 aromatic rings. The number of nitrogens with one attached hydrogen (secondary N) is 2. The van der Waals surface area contributed by atoms with Crippen LogP contribution >= 0.6 is 15.9 Å². The van der Waals surface area contributed by atoms with Crippen molar-refractivity contribution >= 4 is 31.9 Å². The smallest absolute Gasteiger partial charge is 0.241 e. The van der Waals surface area contributed by atoms with Gasteiger partial charge in [0, 0.05) is 4.47 Å². The molecule has 0 spiro atoms. The van der Waals surface area contributed by atoms with E-state index in [0.29, 0.717) is 0 Å². The number of rotatable bonds is 7. The van der Waals surface area contributed by atoms with Crippen molar-refractivity contribution in [1.29, 1.82) is 0 Å². The highest BCUT2D eigenvalue weighted by Crippen LogP contribution is 2.29. The quantitative estimate of drug-likeness (QED) is 0.488. The lowest BCUT2D eigenvalue weighted by molar-refractivity contribution is -0.123. The predicted molar refractivity (Wildman–Crippen MR) is 129 cm³/mol. The molecule has 0 heterocycles. The highest BCUT2D eigenvalue weighted by molar-refractivity contribution is 9.10. The van der Waals surface area contributed by atoms with Crippen LogP contribution in [0.1, 0.15) is 35.6 Å². The van der Waals surface area contributed by atoms with E-state index in [4.69, 9.17) is 0 Å². The van der Waals surface area contributed by atoms with E-state index in [9.17, 15) is 13.2 Å². The van der Waals surface area contributed by atoms with Crippen molar-refractivity contribution in [3.63, 3.8) is 0 Å². The Labute approximate surface area is 197 Å². The fourth-order valence-electron chi connectivity index (χ4n) is 4.08. The van der Waals surface area contributed by atoms with Gasteiger partial charge in [0.2, 0.25) is 15.9 Å². The van der Waals surface area contributed by atoms with Gasteiger partial charge in [-0.1, -0.05) is 70.5 Å². The molecule has 0 saturated heterocycles. The summed E-state index contributed by atoms with van der Waals surface area (Å²) < 4.78 is 29.5. The number of sulfonamides is 1. The molecule has 1 aliphatic carbocycles. The largest absolute Gasteiger partial charge is 0.348 e. The van der Waals surface area contributed by atoms with Crippen molar-refractivity contribution in [3.8, 4) is 0 Å². The highest BCUT2D eigenvalue weighted by Gasteiger charge is 2.29. The zero-order valence-corrected chi connectivity index (χ0v) is 19.9. The number of fused-ring (bicyclic) bond motifs is 1. The van der Waals surface area contributed by atoms with Gasteiger partial charge in [-0.25, -0.2) is 8.42 Å². The molecular weight excluding hydrogens is 488 g/mol. The Morgan fingerprint density at radius 2 is 1.66 bits per heavy atom. The van der Waals surface area contributed by atoms with E-state index in [2.05, 4.69) is 32.0 Å². The Bertz CT molecular complexity index is 1180. The number of amides is 1. The Balaban J connectivity index is 1.58. The maximum absolute atomic E-state index is 13.3. The Hall–Kier alpha value is -2.48. The maximum Gasteiger partial charge on any atom is 0.241 e. The molecule has 166 valence electrons. The fourth-order valence-corrected chi connectivity index (χ4v) is 5.54. The number of carbonyl (C=O) groups excluding carboxylic acids is 1. The van der Waals surface area contributed by atoms with Crippen LogP contribution in [0.15, 0.2) is 88.2 Å². The average molecular weight is 513 g/mol. The van der Waals surface area contributed by atoms with Gasteiger partial charge < -0.3 is 5.32 Å². The second kappa shape index (κ2) is 9.98. The lowest BCUT2D eigenvalue weighted by atomic mass is 9.87. The number of halogens is 1. The summed E-state index contributed by atoms with van der Waals surface area (Å²) in [5, 5.41) is 3.11. The molecular formula is C25H25BrN2O3S. The second-order valence-electron chi connectivity index (χ2n) is 7.97. The lowest BCUT2D eigenvalue weighted by Crippen LogP contribution is -2.49. The summed E-state index contributed by atoms with van der Waals surface area (Å²) >= 11 is 3.32. The summed E-state index contributed by atoms with van der Waals surface area (Å²) in [4.78, 5) is 13.5. The fraction of sp³-hybridized carbons (Fsp3) is 0.240. The van der Waals surface area contributed by atoms with Crippen molar-refractivity contribution in [2.75, 3.05) is 0 Å². The molecule has 7 heteroatoms. The van der Waals surface area contributed by atoms with Crippen LogP contribution in [0.3, 0.4) is 0 Å². The van der Waals surface area contributed by atoms with Gasteiger partial charge in [-0.15, -0.1) is 0 Å². The van der Waals surface area contributed by atoms with E-state index in [1.807, 2.05) is 48.5 Å². The monoisotopic (exact) mass is 512 g/mol. The van der Waals surface area contributed by atoms with Crippen molar-refractivity contribution < 1.29 is 13.2 Å². The first-order valence-electron chi connectivity index (χ1n) is 10.6. The van der Waals surface area contributed by atoms with Crippen molar-refractivity contribution in [1.82, 2.24) is 10.0 Å². The first-order chi connectivity index (χ1) is 15.4. The van der Waals surface area contributed by atoms with Gasteiger partial charge in [-0.05, 0) is 66.6 Å². The van der Waals surface area contributed by atoms with Crippen LogP contribution in [-0.4, -0.2) is 20.4 Å². The molecule has 0 radical (unpaired) electrons. The number of carbonyl (C=O) groups is 1. The molecule has 4 rings (SSSR count). The zero-order chi connectivity index (χ0) is 22.6.